The summed E-state index contributed by atoms with van der Waals surface area (Å²) in [7, 11) is 1.52. The molecule has 3 aromatic rings. The van der Waals surface area contributed by atoms with Gasteiger partial charge in [0.1, 0.15) is 18.1 Å². The van der Waals surface area contributed by atoms with Crippen LogP contribution in [0, 0.1) is 17.1 Å². The number of aromatic nitrogens is 1. The molecule has 0 saturated carbocycles. The molecule has 0 saturated heterocycles. The lowest BCUT2D eigenvalue weighted by Crippen LogP contribution is -2.22. The molecule has 0 aliphatic heterocycles. The van der Waals surface area contributed by atoms with Crippen LogP contribution in [0.15, 0.2) is 47.3 Å². The van der Waals surface area contributed by atoms with Crippen LogP contribution < -0.4 is 5.56 Å². The van der Waals surface area contributed by atoms with Gasteiger partial charge in [-0.3, -0.25) is 4.79 Å². The monoisotopic (exact) mass is 468 g/mol. The molecule has 174 valence electrons. The van der Waals surface area contributed by atoms with E-state index in [-0.39, 0.29) is 40.7 Å². The van der Waals surface area contributed by atoms with Crippen LogP contribution >= 0.6 is 0 Å². The van der Waals surface area contributed by atoms with E-state index in [1.165, 1.54) is 23.7 Å². The molecule has 0 radical (unpaired) electrons. The van der Waals surface area contributed by atoms with E-state index in [2.05, 4.69) is 0 Å². The summed E-state index contributed by atoms with van der Waals surface area (Å²) in [4.78, 5) is 12.2. The third-order valence-electron chi connectivity index (χ3n) is 7.01. The summed E-state index contributed by atoms with van der Waals surface area (Å²) in [5.41, 5.74) is 1.37. The Bertz CT molecular complexity index is 1420. The van der Waals surface area contributed by atoms with Crippen molar-refractivity contribution in [2.24, 2.45) is 7.05 Å². The fourth-order valence-corrected chi connectivity index (χ4v) is 5.42. The standard InChI is InChI=1S/C26H20F4N2O2/c1-32-21(3-2-4-22(32)33)17-6-5-15(19-11-26(29,30)25(34)24(17)19)16-7-8-20(28)18-10-14(27)9-13(12-31)23(16)18/h2-6,9-10,16,20,25,34H,7-8,11H2,1H3/t16?,20?,25-/m0/s1. The largest absolute Gasteiger partial charge is 0.382 e. The van der Waals surface area contributed by atoms with Gasteiger partial charge in [-0.1, -0.05) is 18.2 Å². The molecule has 1 aromatic heterocycles. The number of aliphatic hydroxyl groups excluding tert-OH is 1. The molecule has 1 N–H and O–H groups in total. The Morgan fingerprint density at radius 3 is 2.62 bits per heavy atom. The minimum absolute atomic E-state index is 0.0215. The van der Waals surface area contributed by atoms with Gasteiger partial charge in [0, 0.05) is 31.0 Å². The van der Waals surface area contributed by atoms with Crippen LogP contribution in [0.25, 0.3) is 11.3 Å². The average Bonchev–Trinajstić information content (AvgIpc) is 3.04. The van der Waals surface area contributed by atoms with Crippen LogP contribution in [0.4, 0.5) is 17.6 Å². The van der Waals surface area contributed by atoms with E-state index in [1.807, 2.05) is 6.07 Å². The van der Waals surface area contributed by atoms with Gasteiger partial charge in [-0.2, -0.15) is 5.26 Å². The second-order valence-electron chi connectivity index (χ2n) is 8.91. The molecular formula is C26H20F4N2O2. The van der Waals surface area contributed by atoms with E-state index in [4.69, 9.17) is 0 Å². The second-order valence-corrected chi connectivity index (χ2v) is 8.91. The van der Waals surface area contributed by atoms with Gasteiger partial charge in [0.2, 0.25) is 0 Å². The first kappa shape index (κ1) is 22.4. The van der Waals surface area contributed by atoms with Gasteiger partial charge in [-0.25, -0.2) is 17.6 Å². The van der Waals surface area contributed by atoms with Crippen molar-refractivity contribution in [1.82, 2.24) is 4.57 Å². The number of halogens is 4. The first-order chi connectivity index (χ1) is 16.1. The Balaban J connectivity index is 1.77. The third kappa shape index (κ3) is 3.26. The Kier molecular flexibility index (Phi) is 5.14. The van der Waals surface area contributed by atoms with Crippen molar-refractivity contribution < 1.29 is 22.7 Å². The van der Waals surface area contributed by atoms with Gasteiger partial charge >= 0.3 is 0 Å². The number of pyridine rings is 1. The van der Waals surface area contributed by atoms with Gasteiger partial charge < -0.3 is 9.67 Å². The van der Waals surface area contributed by atoms with Crippen molar-refractivity contribution in [3.63, 3.8) is 0 Å². The van der Waals surface area contributed by atoms with Gasteiger partial charge in [0.25, 0.3) is 11.5 Å². The predicted octanol–water partition coefficient (Wildman–Crippen LogP) is 5.22. The number of nitrogens with zero attached hydrogens (tertiary/aromatic N) is 2. The van der Waals surface area contributed by atoms with E-state index >= 15 is 0 Å². The molecule has 0 spiro atoms. The Hall–Kier alpha value is -3.44. The summed E-state index contributed by atoms with van der Waals surface area (Å²) in [5.74, 6) is -4.78. The number of hydrogen-bond acceptors (Lipinski definition) is 3. The molecule has 0 fully saturated rings. The van der Waals surface area contributed by atoms with Crippen LogP contribution in [0.5, 0.6) is 0 Å². The third-order valence-corrected chi connectivity index (χ3v) is 7.01. The molecule has 2 aromatic carbocycles. The summed E-state index contributed by atoms with van der Waals surface area (Å²) in [6.07, 6.45) is -4.00. The first-order valence-electron chi connectivity index (χ1n) is 10.9. The highest BCUT2D eigenvalue weighted by atomic mass is 19.3. The van der Waals surface area contributed by atoms with Crippen molar-refractivity contribution in [2.45, 2.75) is 43.4 Å². The highest BCUT2D eigenvalue weighted by Gasteiger charge is 2.50. The number of nitriles is 1. The van der Waals surface area contributed by atoms with Gasteiger partial charge in [0.05, 0.1) is 17.3 Å². The number of alkyl halides is 3. The van der Waals surface area contributed by atoms with E-state index < -0.39 is 36.4 Å². The second kappa shape index (κ2) is 7.81. The zero-order chi connectivity index (χ0) is 24.4. The molecule has 0 amide bonds. The molecule has 2 aliphatic carbocycles. The summed E-state index contributed by atoms with van der Waals surface area (Å²) < 4.78 is 59.7. The van der Waals surface area contributed by atoms with Crippen molar-refractivity contribution in [2.75, 3.05) is 0 Å². The first-order valence-corrected chi connectivity index (χ1v) is 10.9. The van der Waals surface area contributed by atoms with Crippen LogP contribution in [0.2, 0.25) is 0 Å². The maximum absolute atomic E-state index is 14.8. The summed E-state index contributed by atoms with van der Waals surface area (Å²) in [6, 6.07) is 11.7. The molecule has 2 aliphatic rings. The van der Waals surface area contributed by atoms with E-state index in [0.717, 1.165) is 12.1 Å². The molecule has 2 unspecified atom stereocenters. The molecule has 34 heavy (non-hydrogen) atoms. The Morgan fingerprint density at radius 2 is 1.88 bits per heavy atom. The number of rotatable bonds is 2. The zero-order valence-corrected chi connectivity index (χ0v) is 18.2. The molecule has 1 heterocycles. The van der Waals surface area contributed by atoms with E-state index in [1.54, 1.807) is 18.2 Å². The van der Waals surface area contributed by atoms with Gasteiger partial charge in [-0.15, -0.1) is 0 Å². The minimum Gasteiger partial charge on any atom is -0.382 e. The fraction of sp³-hybridized carbons (Fsp3) is 0.308. The lowest BCUT2D eigenvalue weighted by atomic mass is 9.74. The minimum atomic E-state index is -3.44. The molecular weight excluding hydrogens is 448 g/mol. The van der Waals surface area contributed by atoms with Crippen molar-refractivity contribution in [1.29, 1.82) is 5.26 Å². The molecule has 8 heteroatoms. The predicted molar refractivity (Wildman–Crippen MR) is 117 cm³/mol. The maximum atomic E-state index is 14.8. The Morgan fingerprint density at radius 1 is 1.12 bits per heavy atom. The van der Waals surface area contributed by atoms with Crippen LogP contribution in [0.3, 0.4) is 0 Å². The quantitative estimate of drug-likeness (QED) is 0.524. The topological polar surface area (TPSA) is 66.0 Å². The SMILES string of the molecule is Cn1c(-c2ccc(C3CCC(F)c4cc(F)cc(C#N)c43)c3c2[C@H](O)C(F)(F)C3)cccc1=O. The van der Waals surface area contributed by atoms with E-state index in [0.29, 0.717) is 22.4 Å². The number of hydrogen-bond donors (Lipinski definition) is 1. The highest BCUT2D eigenvalue weighted by Crippen LogP contribution is 2.52. The van der Waals surface area contributed by atoms with Gasteiger partial charge in [0.15, 0.2) is 0 Å². The van der Waals surface area contributed by atoms with Crippen molar-refractivity contribution in [3.8, 4) is 17.3 Å². The normalized spacial score (nSPS) is 22.7. The van der Waals surface area contributed by atoms with Crippen molar-refractivity contribution in [3.05, 3.63) is 92.0 Å². The lowest BCUT2D eigenvalue weighted by molar-refractivity contribution is -0.0966. The fourth-order valence-electron chi connectivity index (χ4n) is 5.42. The molecule has 4 nitrogen and oxygen atoms in total. The molecule has 3 atom stereocenters. The lowest BCUT2D eigenvalue weighted by Gasteiger charge is -2.31. The van der Waals surface area contributed by atoms with Crippen LogP contribution in [-0.4, -0.2) is 15.6 Å². The molecule has 5 rings (SSSR count). The van der Waals surface area contributed by atoms with Gasteiger partial charge in [-0.05, 0) is 58.9 Å². The smallest absolute Gasteiger partial charge is 0.281 e. The van der Waals surface area contributed by atoms with E-state index in [9.17, 15) is 32.7 Å². The van der Waals surface area contributed by atoms with Crippen molar-refractivity contribution >= 4 is 0 Å². The summed E-state index contributed by atoms with van der Waals surface area (Å²) in [5, 5.41) is 20.2. The summed E-state index contributed by atoms with van der Waals surface area (Å²) >= 11 is 0. The highest BCUT2D eigenvalue weighted by molar-refractivity contribution is 5.70. The zero-order valence-electron chi connectivity index (χ0n) is 18.2. The number of fused-ring (bicyclic) bond motifs is 2. The van der Waals surface area contributed by atoms with Crippen LogP contribution in [0.1, 0.15) is 64.4 Å². The average molecular weight is 468 g/mol. The maximum Gasteiger partial charge on any atom is 0.281 e. The Labute approximate surface area is 192 Å². The number of benzene rings is 2. The molecule has 0 bridgehead atoms. The van der Waals surface area contributed by atoms with Crippen LogP contribution in [-0.2, 0) is 13.5 Å². The number of aliphatic hydroxyl groups is 1. The summed E-state index contributed by atoms with van der Waals surface area (Å²) in [6.45, 7) is 0.